The summed E-state index contributed by atoms with van der Waals surface area (Å²) in [6.07, 6.45) is 1.09. The molecule has 1 heterocycles. The molecule has 8 nitrogen and oxygen atoms in total. The molecule has 0 unspecified atom stereocenters. The Hall–Kier alpha value is -3.07. The second-order valence-corrected chi connectivity index (χ2v) is 9.26. The number of anilines is 1. The van der Waals surface area contributed by atoms with E-state index in [9.17, 15) is 18.0 Å². The van der Waals surface area contributed by atoms with Gasteiger partial charge in [-0.15, -0.1) is 0 Å². The summed E-state index contributed by atoms with van der Waals surface area (Å²) in [5.74, 6) is -0.0776. The lowest BCUT2D eigenvalue weighted by Crippen LogP contribution is -2.40. The number of piperidine rings is 1. The summed E-state index contributed by atoms with van der Waals surface area (Å²) >= 11 is 0. The van der Waals surface area contributed by atoms with Gasteiger partial charge in [-0.25, -0.2) is 8.42 Å². The number of nitrogens with zero attached hydrogens (tertiary/aromatic N) is 2. The number of hydrogen-bond donors (Lipinski definition) is 0. The van der Waals surface area contributed by atoms with E-state index in [0.717, 1.165) is 4.31 Å². The van der Waals surface area contributed by atoms with Crippen LogP contribution in [-0.2, 0) is 19.6 Å². The monoisotopic (exact) mass is 446 g/mol. The third kappa shape index (κ3) is 4.82. The van der Waals surface area contributed by atoms with Crippen LogP contribution < -0.4 is 9.04 Å². The van der Waals surface area contributed by atoms with Gasteiger partial charge in [-0.3, -0.25) is 13.9 Å². The number of ether oxygens (including phenoxy) is 2. The molecule has 2 aromatic rings. The molecule has 3 rings (SSSR count). The highest BCUT2D eigenvalue weighted by Gasteiger charge is 2.29. The quantitative estimate of drug-likeness (QED) is 0.633. The maximum atomic E-state index is 13.0. The van der Waals surface area contributed by atoms with Crippen molar-refractivity contribution in [3.05, 3.63) is 54.1 Å². The Balaban J connectivity index is 1.76. The number of benzene rings is 2. The summed E-state index contributed by atoms with van der Waals surface area (Å²) in [7, 11) is 0.520. The zero-order chi connectivity index (χ0) is 22.6. The van der Waals surface area contributed by atoms with Gasteiger partial charge in [0.2, 0.25) is 0 Å². The second kappa shape index (κ2) is 9.38. The van der Waals surface area contributed by atoms with Crippen LogP contribution in [0.4, 0.5) is 5.69 Å². The van der Waals surface area contributed by atoms with Crippen molar-refractivity contribution >= 4 is 27.6 Å². The zero-order valence-electron chi connectivity index (χ0n) is 17.8. The van der Waals surface area contributed by atoms with E-state index >= 15 is 0 Å². The van der Waals surface area contributed by atoms with E-state index in [4.69, 9.17) is 9.47 Å². The molecule has 1 saturated heterocycles. The normalized spacial score (nSPS) is 14.7. The number of carbonyl (C=O) groups is 2. The molecular weight excluding hydrogens is 420 g/mol. The first kappa shape index (κ1) is 22.6. The highest BCUT2D eigenvalue weighted by molar-refractivity contribution is 7.92. The van der Waals surface area contributed by atoms with E-state index in [1.807, 2.05) is 0 Å². The molecule has 1 amide bonds. The minimum absolute atomic E-state index is 0.123. The maximum Gasteiger partial charge on any atom is 0.308 e. The van der Waals surface area contributed by atoms with Gasteiger partial charge in [-0.2, -0.15) is 0 Å². The standard InChI is InChI=1S/C22H26N2O6S/c1-23(31(27,28)20-9-7-19(29-2)8-10-20)18-6-4-5-17(15-18)21(25)24-13-11-16(12-14-24)22(26)30-3/h4-10,15-16H,11-14H2,1-3H3. The summed E-state index contributed by atoms with van der Waals surface area (Å²) in [6, 6.07) is 12.6. The fraction of sp³-hybridized carbons (Fsp3) is 0.364. The SMILES string of the molecule is COC(=O)C1CCN(C(=O)c2cccc(N(C)S(=O)(=O)c3ccc(OC)cc3)c2)CC1. The second-order valence-electron chi connectivity index (χ2n) is 7.29. The molecule has 31 heavy (non-hydrogen) atoms. The fourth-order valence-electron chi connectivity index (χ4n) is 3.55. The molecule has 0 aromatic heterocycles. The van der Waals surface area contributed by atoms with Crippen LogP contribution in [0.2, 0.25) is 0 Å². The average Bonchev–Trinajstić information content (AvgIpc) is 2.82. The number of likely N-dealkylation sites (tertiary alicyclic amines) is 1. The number of rotatable bonds is 6. The summed E-state index contributed by atoms with van der Waals surface area (Å²) in [6.45, 7) is 0.894. The highest BCUT2D eigenvalue weighted by Crippen LogP contribution is 2.26. The molecule has 0 saturated carbocycles. The van der Waals surface area contributed by atoms with Crippen molar-refractivity contribution in [2.75, 3.05) is 38.7 Å². The third-order valence-electron chi connectivity index (χ3n) is 5.49. The summed E-state index contributed by atoms with van der Waals surface area (Å²) < 4.78 is 37.0. The number of methoxy groups -OCH3 is 2. The van der Waals surface area contributed by atoms with Crippen LogP contribution in [-0.4, -0.2) is 59.6 Å². The maximum absolute atomic E-state index is 13.0. The Labute approximate surface area is 182 Å². The topological polar surface area (TPSA) is 93.2 Å². The Bertz CT molecular complexity index is 1040. The first-order chi connectivity index (χ1) is 14.8. The average molecular weight is 447 g/mol. The highest BCUT2D eigenvalue weighted by atomic mass is 32.2. The van der Waals surface area contributed by atoms with E-state index < -0.39 is 10.0 Å². The number of amides is 1. The van der Waals surface area contributed by atoms with Crippen molar-refractivity contribution in [1.82, 2.24) is 4.90 Å². The smallest absolute Gasteiger partial charge is 0.308 e. The minimum Gasteiger partial charge on any atom is -0.497 e. The lowest BCUT2D eigenvalue weighted by Gasteiger charge is -2.31. The van der Waals surface area contributed by atoms with E-state index in [0.29, 0.717) is 42.9 Å². The van der Waals surface area contributed by atoms with Crippen molar-refractivity contribution < 1.29 is 27.5 Å². The number of esters is 1. The molecule has 1 aliphatic heterocycles. The van der Waals surface area contributed by atoms with Crippen molar-refractivity contribution in [2.45, 2.75) is 17.7 Å². The molecule has 0 radical (unpaired) electrons. The van der Waals surface area contributed by atoms with Crippen LogP contribution in [0.15, 0.2) is 53.4 Å². The van der Waals surface area contributed by atoms with Gasteiger partial charge in [0.05, 0.1) is 30.7 Å². The van der Waals surface area contributed by atoms with Gasteiger partial charge in [0.25, 0.3) is 15.9 Å². The van der Waals surface area contributed by atoms with E-state index in [2.05, 4.69) is 0 Å². The molecule has 9 heteroatoms. The predicted octanol–water partition coefficient (Wildman–Crippen LogP) is 2.55. The van der Waals surface area contributed by atoms with Crippen LogP contribution in [0.5, 0.6) is 5.75 Å². The number of carbonyl (C=O) groups excluding carboxylic acids is 2. The van der Waals surface area contributed by atoms with Crippen molar-refractivity contribution in [2.24, 2.45) is 5.92 Å². The fourth-order valence-corrected chi connectivity index (χ4v) is 4.73. The van der Waals surface area contributed by atoms with Gasteiger partial charge < -0.3 is 14.4 Å². The number of hydrogen-bond acceptors (Lipinski definition) is 6. The molecule has 0 spiro atoms. The first-order valence-electron chi connectivity index (χ1n) is 9.88. The van der Waals surface area contributed by atoms with Gasteiger partial charge in [-0.1, -0.05) is 6.07 Å². The molecule has 2 aromatic carbocycles. The molecule has 0 bridgehead atoms. The van der Waals surface area contributed by atoms with Gasteiger partial charge in [0.15, 0.2) is 0 Å². The van der Waals surface area contributed by atoms with Crippen LogP contribution in [0.25, 0.3) is 0 Å². The zero-order valence-corrected chi connectivity index (χ0v) is 18.6. The molecule has 0 atom stereocenters. The third-order valence-corrected chi connectivity index (χ3v) is 7.29. The minimum atomic E-state index is -3.80. The van der Waals surface area contributed by atoms with Gasteiger partial charge in [-0.05, 0) is 55.3 Å². The lowest BCUT2D eigenvalue weighted by molar-refractivity contribution is -0.146. The summed E-state index contributed by atoms with van der Waals surface area (Å²) in [5, 5.41) is 0. The Kier molecular flexibility index (Phi) is 6.84. The molecule has 166 valence electrons. The molecule has 0 N–H and O–H groups in total. The Morgan fingerprint density at radius 1 is 1.03 bits per heavy atom. The van der Waals surface area contributed by atoms with Crippen molar-refractivity contribution in [1.29, 1.82) is 0 Å². The lowest BCUT2D eigenvalue weighted by atomic mass is 9.96. The van der Waals surface area contributed by atoms with Crippen LogP contribution in [0.1, 0.15) is 23.2 Å². The number of sulfonamides is 1. The summed E-state index contributed by atoms with van der Waals surface area (Å²) in [5.41, 5.74) is 0.775. The largest absolute Gasteiger partial charge is 0.497 e. The predicted molar refractivity (Wildman–Crippen MR) is 116 cm³/mol. The van der Waals surface area contributed by atoms with E-state index in [1.165, 1.54) is 33.4 Å². The van der Waals surface area contributed by atoms with Gasteiger partial charge >= 0.3 is 5.97 Å². The summed E-state index contributed by atoms with van der Waals surface area (Å²) in [4.78, 5) is 26.4. The molecule has 0 aliphatic carbocycles. The van der Waals surface area contributed by atoms with E-state index in [-0.39, 0.29) is 22.7 Å². The van der Waals surface area contributed by atoms with E-state index in [1.54, 1.807) is 41.3 Å². The van der Waals surface area contributed by atoms with Gasteiger partial charge in [0, 0.05) is 25.7 Å². The molecular formula is C22H26N2O6S. The van der Waals surface area contributed by atoms with Crippen LogP contribution in [0, 0.1) is 5.92 Å². The molecule has 1 fully saturated rings. The Morgan fingerprint density at radius 2 is 1.68 bits per heavy atom. The first-order valence-corrected chi connectivity index (χ1v) is 11.3. The van der Waals surface area contributed by atoms with Crippen LogP contribution in [0.3, 0.4) is 0 Å². The van der Waals surface area contributed by atoms with Crippen molar-refractivity contribution in [3.8, 4) is 5.75 Å². The molecule has 1 aliphatic rings. The van der Waals surface area contributed by atoms with Crippen molar-refractivity contribution in [3.63, 3.8) is 0 Å². The van der Waals surface area contributed by atoms with Crippen LogP contribution >= 0.6 is 0 Å². The Morgan fingerprint density at radius 3 is 2.26 bits per heavy atom. The van der Waals surface area contributed by atoms with Gasteiger partial charge in [0.1, 0.15) is 5.75 Å².